The Balaban J connectivity index is 1.97. The maximum atomic E-state index is 6.02. The third-order valence-corrected chi connectivity index (χ3v) is 3.06. The average Bonchev–Trinajstić information content (AvgIpc) is 2.32. The predicted molar refractivity (Wildman–Crippen MR) is 63.3 cm³/mol. The van der Waals surface area contributed by atoms with E-state index in [1.807, 2.05) is 12.1 Å². The van der Waals surface area contributed by atoms with Crippen molar-refractivity contribution >= 4 is 11.6 Å². The highest BCUT2D eigenvalue weighted by Crippen LogP contribution is 2.15. The molecule has 1 atom stereocenters. The van der Waals surface area contributed by atoms with Crippen LogP contribution in [0, 0.1) is 0 Å². The van der Waals surface area contributed by atoms with E-state index in [4.69, 9.17) is 22.1 Å². The monoisotopic (exact) mass is 241 g/mol. The summed E-state index contributed by atoms with van der Waals surface area (Å²) in [6.45, 7) is 3.90. The van der Waals surface area contributed by atoms with Gasteiger partial charge in [-0.2, -0.15) is 0 Å². The molecule has 2 N–H and O–H groups in total. The molecule has 0 saturated carbocycles. The highest BCUT2D eigenvalue weighted by molar-refractivity contribution is 6.30. The number of hydrogen-bond acceptors (Lipinski definition) is 4. The number of halogens is 1. The van der Waals surface area contributed by atoms with Gasteiger partial charge in [-0.1, -0.05) is 17.7 Å². The molecule has 1 aliphatic rings. The second-order valence-corrected chi connectivity index (χ2v) is 4.27. The summed E-state index contributed by atoms with van der Waals surface area (Å²) in [4.78, 5) is 6.36. The third kappa shape index (κ3) is 2.92. The maximum Gasteiger partial charge on any atom is 0.133 e. The molecule has 0 aromatic carbocycles. The first-order valence-electron chi connectivity index (χ1n) is 5.43. The van der Waals surface area contributed by atoms with Crippen LogP contribution >= 0.6 is 11.6 Å². The Morgan fingerprint density at radius 3 is 3.25 bits per heavy atom. The van der Waals surface area contributed by atoms with Gasteiger partial charge >= 0.3 is 0 Å². The number of aromatic nitrogens is 1. The first-order valence-corrected chi connectivity index (χ1v) is 5.81. The van der Waals surface area contributed by atoms with Crippen molar-refractivity contribution in [2.75, 3.05) is 26.2 Å². The van der Waals surface area contributed by atoms with Crippen LogP contribution in [-0.4, -0.2) is 42.2 Å². The van der Waals surface area contributed by atoms with Crippen molar-refractivity contribution in [2.24, 2.45) is 5.73 Å². The summed E-state index contributed by atoms with van der Waals surface area (Å²) in [5, 5.41) is 0.582. The van der Waals surface area contributed by atoms with E-state index in [1.54, 1.807) is 6.20 Å². The molecule has 0 radical (unpaired) electrons. The quantitative estimate of drug-likeness (QED) is 0.799. The molecule has 1 aromatic rings. The smallest absolute Gasteiger partial charge is 0.133 e. The molecular weight excluding hydrogens is 226 g/mol. The van der Waals surface area contributed by atoms with Crippen LogP contribution in [0.2, 0.25) is 5.15 Å². The fraction of sp³-hybridized carbons (Fsp3) is 0.545. The first kappa shape index (κ1) is 11.8. The van der Waals surface area contributed by atoms with Gasteiger partial charge in [0, 0.05) is 37.9 Å². The van der Waals surface area contributed by atoms with Gasteiger partial charge in [-0.05, 0) is 6.07 Å². The summed E-state index contributed by atoms with van der Waals surface area (Å²) in [5.41, 5.74) is 6.66. The Labute approximate surface area is 100 Å². The van der Waals surface area contributed by atoms with Crippen molar-refractivity contribution in [1.29, 1.82) is 0 Å². The zero-order valence-electron chi connectivity index (χ0n) is 9.10. The number of morpholine rings is 1. The molecular formula is C11H16ClN3O. The SMILES string of the molecule is NCC1CN(Cc2cccnc2Cl)CCO1. The summed E-state index contributed by atoms with van der Waals surface area (Å²) < 4.78 is 5.51. The zero-order chi connectivity index (χ0) is 11.4. The number of nitrogens with two attached hydrogens (primary N) is 1. The normalized spacial score (nSPS) is 22.2. The Hall–Kier alpha value is -0.680. The predicted octanol–water partition coefficient (Wildman–Crippen LogP) is 0.894. The molecule has 4 nitrogen and oxygen atoms in total. The molecule has 1 unspecified atom stereocenters. The minimum absolute atomic E-state index is 0.143. The van der Waals surface area contributed by atoms with E-state index in [0.717, 1.165) is 31.8 Å². The minimum Gasteiger partial charge on any atom is -0.374 e. The van der Waals surface area contributed by atoms with Crippen molar-refractivity contribution in [2.45, 2.75) is 12.6 Å². The molecule has 1 saturated heterocycles. The van der Waals surface area contributed by atoms with E-state index >= 15 is 0 Å². The van der Waals surface area contributed by atoms with E-state index < -0.39 is 0 Å². The number of rotatable bonds is 3. The van der Waals surface area contributed by atoms with Crippen molar-refractivity contribution < 1.29 is 4.74 Å². The Bertz CT molecular complexity index is 348. The van der Waals surface area contributed by atoms with Crippen LogP contribution in [0.5, 0.6) is 0 Å². The second-order valence-electron chi connectivity index (χ2n) is 3.92. The summed E-state index contributed by atoms with van der Waals surface area (Å²) in [6.07, 6.45) is 1.84. The van der Waals surface area contributed by atoms with Gasteiger partial charge in [0.2, 0.25) is 0 Å². The molecule has 0 spiro atoms. The molecule has 0 bridgehead atoms. The standard InChI is InChI=1S/C11H16ClN3O/c12-11-9(2-1-3-14-11)7-15-4-5-16-10(6-13)8-15/h1-3,10H,4-8,13H2. The summed E-state index contributed by atoms with van der Waals surface area (Å²) >= 11 is 6.02. The van der Waals surface area contributed by atoms with Crippen molar-refractivity contribution in [3.05, 3.63) is 29.0 Å². The third-order valence-electron chi connectivity index (χ3n) is 2.72. The van der Waals surface area contributed by atoms with Crippen LogP contribution in [0.15, 0.2) is 18.3 Å². The Morgan fingerprint density at radius 1 is 1.62 bits per heavy atom. The molecule has 2 rings (SSSR count). The van der Waals surface area contributed by atoms with E-state index in [9.17, 15) is 0 Å². The van der Waals surface area contributed by atoms with E-state index in [2.05, 4.69) is 9.88 Å². The highest BCUT2D eigenvalue weighted by atomic mass is 35.5. The molecule has 16 heavy (non-hydrogen) atoms. The van der Waals surface area contributed by atoms with Gasteiger partial charge < -0.3 is 10.5 Å². The molecule has 1 fully saturated rings. The molecule has 5 heteroatoms. The second kappa shape index (κ2) is 5.59. The van der Waals surface area contributed by atoms with Crippen molar-refractivity contribution in [3.63, 3.8) is 0 Å². The zero-order valence-corrected chi connectivity index (χ0v) is 9.86. The largest absolute Gasteiger partial charge is 0.374 e. The minimum atomic E-state index is 0.143. The lowest BCUT2D eigenvalue weighted by atomic mass is 10.2. The molecule has 1 aromatic heterocycles. The molecule has 2 heterocycles. The van der Waals surface area contributed by atoms with E-state index in [1.165, 1.54) is 0 Å². The van der Waals surface area contributed by atoms with Crippen LogP contribution in [0.25, 0.3) is 0 Å². The van der Waals surface area contributed by atoms with Gasteiger partial charge in [0.1, 0.15) is 5.15 Å². The van der Waals surface area contributed by atoms with Crippen LogP contribution in [0.1, 0.15) is 5.56 Å². The van der Waals surface area contributed by atoms with Gasteiger partial charge in [-0.25, -0.2) is 4.98 Å². The fourth-order valence-corrected chi connectivity index (χ4v) is 2.02. The van der Waals surface area contributed by atoms with E-state index in [-0.39, 0.29) is 6.10 Å². The number of pyridine rings is 1. The lowest BCUT2D eigenvalue weighted by Gasteiger charge is -2.32. The van der Waals surface area contributed by atoms with Crippen LogP contribution < -0.4 is 5.73 Å². The number of ether oxygens (including phenoxy) is 1. The maximum absolute atomic E-state index is 6.02. The van der Waals surface area contributed by atoms with Crippen molar-refractivity contribution in [1.82, 2.24) is 9.88 Å². The first-order chi connectivity index (χ1) is 7.79. The molecule has 0 amide bonds. The van der Waals surface area contributed by atoms with Crippen LogP contribution in [-0.2, 0) is 11.3 Å². The average molecular weight is 242 g/mol. The topological polar surface area (TPSA) is 51.4 Å². The van der Waals surface area contributed by atoms with Crippen LogP contribution in [0.3, 0.4) is 0 Å². The molecule has 0 aliphatic carbocycles. The highest BCUT2D eigenvalue weighted by Gasteiger charge is 2.19. The van der Waals surface area contributed by atoms with Gasteiger partial charge in [-0.15, -0.1) is 0 Å². The molecule has 88 valence electrons. The summed E-state index contributed by atoms with van der Waals surface area (Å²) in [7, 11) is 0. The summed E-state index contributed by atoms with van der Waals surface area (Å²) in [6, 6.07) is 3.91. The summed E-state index contributed by atoms with van der Waals surface area (Å²) in [5.74, 6) is 0. The lowest BCUT2D eigenvalue weighted by Crippen LogP contribution is -2.45. The van der Waals surface area contributed by atoms with Crippen molar-refractivity contribution in [3.8, 4) is 0 Å². The number of nitrogens with zero attached hydrogens (tertiary/aromatic N) is 2. The Kier molecular flexibility index (Phi) is 4.12. The Morgan fingerprint density at radius 2 is 2.50 bits per heavy atom. The van der Waals surface area contributed by atoms with Gasteiger partial charge in [0.15, 0.2) is 0 Å². The molecule has 1 aliphatic heterocycles. The number of hydrogen-bond donors (Lipinski definition) is 1. The van der Waals surface area contributed by atoms with Gasteiger partial charge in [-0.3, -0.25) is 4.90 Å². The fourth-order valence-electron chi connectivity index (χ4n) is 1.84. The van der Waals surface area contributed by atoms with Gasteiger partial charge in [0.05, 0.1) is 12.7 Å². The van der Waals surface area contributed by atoms with Crippen LogP contribution in [0.4, 0.5) is 0 Å². The van der Waals surface area contributed by atoms with Gasteiger partial charge in [0.25, 0.3) is 0 Å². The lowest BCUT2D eigenvalue weighted by molar-refractivity contribution is -0.0260. The van der Waals surface area contributed by atoms with E-state index in [0.29, 0.717) is 11.7 Å².